The molecule has 7 rings (SSSR count). The van der Waals surface area contributed by atoms with Crippen molar-refractivity contribution in [3.05, 3.63) is 131 Å². The number of fused-ring (bicyclic) bond motifs is 4. The highest BCUT2D eigenvalue weighted by Crippen LogP contribution is 2.49. The van der Waals surface area contributed by atoms with Gasteiger partial charge in [0.05, 0.1) is 35.9 Å². The number of nitrogens with zero attached hydrogens (tertiary/aromatic N) is 6. The lowest BCUT2D eigenvalue weighted by molar-refractivity contribution is 1.26. The fourth-order valence-corrected chi connectivity index (χ4v) is 6.08. The van der Waals surface area contributed by atoms with Crippen LogP contribution in [-0.2, 0) is 0 Å². The van der Waals surface area contributed by atoms with Gasteiger partial charge in [0, 0.05) is 39.4 Å². The van der Waals surface area contributed by atoms with Crippen LogP contribution in [-0.4, -0.2) is 6.98 Å². The van der Waals surface area contributed by atoms with Crippen LogP contribution in [0.15, 0.2) is 103 Å². The average Bonchev–Trinajstić information content (AvgIpc) is 3.04. The number of anilines is 4. The molecule has 7 heteroatoms. The molecule has 0 saturated heterocycles. The monoisotopic (exact) mass is 520 g/mol. The molecule has 0 N–H and O–H groups in total. The summed E-state index contributed by atoms with van der Waals surface area (Å²) in [7, 11) is 0. The van der Waals surface area contributed by atoms with Crippen LogP contribution in [0.2, 0.25) is 0 Å². The number of hydrogen-bond donors (Lipinski definition) is 0. The molecule has 6 nitrogen and oxygen atoms in total. The summed E-state index contributed by atoms with van der Waals surface area (Å²) < 4.78 is 0. The van der Waals surface area contributed by atoms with Crippen LogP contribution < -0.4 is 15.1 Å². The van der Waals surface area contributed by atoms with Gasteiger partial charge in [0.1, 0.15) is 0 Å². The molecule has 0 spiro atoms. The normalized spacial score (nSPS) is 12.1. The van der Waals surface area contributed by atoms with Crippen molar-refractivity contribution >= 4 is 40.9 Å². The van der Waals surface area contributed by atoms with Gasteiger partial charge in [0.15, 0.2) is 5.69 Å². The van der Waals surface area contributed by atoms with Crippen LogP contribution in [0.4, 0.5) is 28.4 Å². The van der Waals surface area contributed by atoms with Gasteiger partial charge in [0.2, 0.25) is 0 Å². The Hall–Kier alpha value is -6.28. The van der Waals surface area contributed by atoms with Crippen molar-refractivity contribution in [2.75, 3.05) is 9.62 Å². The first-order valence-corrected chi connectivity index (χ1v) is 12.9. The third-order valence-corrected chi connectivity index (χ3v) is 7.65. The summed E-state index contributed by atoms with van der Waals surface area (Å²) in [6.07, 6.45) is 0. The molecule has 2 aliphatic heterocycles. The predicted octanol–water partition coefficient (Wildman–Crippen LogP) is 7.19. The molecule has 0 aliphatic carbocycles. The topological polar surface area (TPSA) is 82.2 Å². The van der Waals surface area contributed by atoms with Crippen molar-refractivity contribution in [2.24, 2.45) is 0 Å². The van der Waals surface area contributed by atoms with Crippen LogP contribution in [0.25, 0.3) is 27.1 Å². The molecule has 41 heavy (non-hydrogen) atoms. The Bertz CT molecular complexity index is 1880. The van der Waals surface area contributed by atoms with E-state index in [1.807, 2.05) is 48.5 Å². The number of rotatable bonds is 2. The van der Waals surface area contributed by atoms with Gasteiger partial charge in [-0.3, -0.25) is 0 Å². The smallest absolute Gasteiger partial charge is 0.362 e. The summed E-state index contributed by atoms with van der Waals surface area (Å²) in [4.78, 5) is 7.99. The highest BCUT2D eigenvalue weighted by atomic mass is 15.2. The van der Waals surface area contributed by atoms with E-state index in [2.05, 4.69) is 63.0 Å². The fourth-order valence-electron chi connectivity index (χ4n) is 6.08. The maximum atomic E-state index is 9.84. The zero-order chi connectivity index (χ0) is 28.1. The lowest BCUT2D eigenvalue weighted by Gasteiger charge is -2.47. The average molecular weight is 520 g/mol. The molecule has 5 aromatic rings. The van der Waals surface area contributed by atoms with Gasteiger partial charge in [-0.1, -0.05) is 54.6 Å². The summed E-state index contributed by atoms with van der Waals surface area (Å²) in [5.41, 5.74) is 10.1. The molecule has 0 fully saturated rings. The molecular weight excluding hydrogens is 503 g/mol. The zero-order valence-electron chi connectivity index (χ0n) is 21.6. The third-order valence-electron chi connectivity index (χ3n) is 7.65. The Morgan fingerprint density at radius 1 is 0.561 bits per heavy atom. The largest absolute Gasteiger partial charge is 0.421 e. The third kappa shape index (κ3) is 3.55. The van der Waals surface area contributed by atoms with E-state index in [0.717, 1.165) is 39.1 Å². The van der Waals surface area contributed by atoms with Crippen LogP contribution >= 0.6 is 0 Å². The Kier molecular flexibility index (Phi) is 5.33. The Morgan fingerprint density at radius 2 is 1.02 bits per heavy atom. The first kappa shape index (κ1) is 23.8. The molecule has 0 unspecified atom stereocenters. The summed E-state index contributed by atoms with van der Waals surface area (Å²) in [5, 5.41) is 29.5. The van der Waals surface area contributed by atoms with Gasteiger partial charge in [-0.25, -0.2) is 4.85 Å². The molecule has 0 amide bonds. The number of hydrogen-bond acceptors (Lipinski definition) is 5. The van der Waals surface area contributed by atoms with E-state index in [1.54, 1.807) is 24.3 Å². The van der Waals surface area contributed by atoms with E-state index >= 15 is 0 Å². The molecule has 2 heterocycles. The second-order valence-corrected chi connectivity index (χ2v) is 9.87. The number of para-hydroxylation sites is 2. The summed E-state index contributed by atoms with van der Waals surface area (Å²) in [5.74, 6) is 0. The van der Waals surface area contributed by atoms with Crippen molar-refractivity contribution in [1.82, 2.24) is 0 Å². The van der Waals surface area contributed by atoms with Crippen LogP contribution in [0, 0.1) is 40.6 Å². The van der Waals surface area contributed by atoms with E-state index in [9.17, 15) is 15.8 Å². The molecular formula is C34H17BN6. The summed E-state index contributed by atoms with van der Waals surface area (Å²) in [6, 6.07) is 39.6. The molecule has 0 bridgehead atoms. The van der Waals surface area contributed by atoms with Gasteiger partial charge >= 0.3 is 6.98 Å². The van der Waals surface area contributed by atoms with Crippen molar-refractivity contribution in [1.29, 1.82) is 15.8 Å². The molecule has 2 aliphatic rings. The Labute approximate surface area is 237 Å². The maximum Gasteiger partial charge on any atom is 0.421 e. The van der Waals surface area contributed by atoms with Crippen molar-refractivity contribution < 1.29 is 0 Å². The minimum absolute atomic E-state index is 0.372. The van der Waals surface area contributed by atoms with E-state index in [4.69, 9.17) is 6.57 Å². The quantitative estimate of drug-likeness (QED) is 0.182. The highest BCUT2D eigenvalue weighted by Gasteiger charge is 2.46. The van der Waals surface area contributed by atoms with Gasteiger partial charge in [0.25, 0.3) is 0 Å². The van der Waals surface area contributed by atoms with Crippen LogP contribution in [0.1, 0.15) is 16.7 Å². The lowest BCUT2D eigenvalue weighted by Crippen LogP contribution is -2.61. The van der Waals surface area contributed by atoms with E-state index in [0.29, 0.717) is 33.8 Å². The van der Waals surface area contributed by atoms with E-state index < -0.39 is 6.98 Å². The molecule has 0 saturated carbocycles. The lowest BCUT2D eigenvalue weighted by atomic mass is 9.53. The molecule has 186 valence electrons. The number of nitriles is 3. The molecule has 5 aromatic carbocycles. The van der Waals surface area contributed by atoms with Crippen LogP contribution in [0.5, 0.6) is 0 Å². The van der Waals surface area contributed by atoms with Gasteiger partial charge in [-0.2, -0.15) is 15.8 Å². The van der Waals surface area contributed by atoms with Crippen molar-refractivity contribution in [3.63, 3.8) is 0 Å². The second-order valence-electron chi connectivity index (χ2n) is 9.87. The van der Waals surface area contributed by atoms with Gasteiger partial charge in [-0.15, -0.1) is 0 Å². The molecule has 0 radical (unpaired) electrons. The first-order chi connectivity index (χ1) is 20.1. The van der Waals surface area contributed by atoms with Gasteiger partial charge in [-0.05, 0) is 65.1 Å². The zero-order valence-corrected chi connectivity index (χ0v) is 21.6. The first-order valence-electron chi connectivity index (χ1n) is 12.9. The van der Waals surface area contributed by atoms with Crippen molar-refractivity contribution in [2.45, 2.75) is 0 Å². The Morgan fingerprint density at radius 3 is 1.54 bits per heavy atom. The van der Waals surface area contributed by atoms with Crippen molar-refractivity contribution in [3.8, 4) is 40.5 Å². The van der Waals surface area contributed by atoms with Gasteiger partial charge < -0.3 is 9.62 Å². The van der Waals surface area contributed by atoms with E-state index in [-0.39, 0.29) is 0 Å². The van der Waals surface area contributed by atoms with Crippen LogP contribution in [0.3, 0.4) is 0 Å². The SMILES string of the molecule is [C-]#[N+]c1cc(C#N)cc(N2B3c4c(cccc4-c4ccccc42)-c2ccccc2N3c2cc(C#N)cc(C#N)c2)c1. The summed E-state index contributed by atoms with van der Waals surface area (Å²) in [6.45, 7) is 7.27. The minimum Gasteiger partial charge on any atom is -0.362 e. The fraction of sp³-hybridized carbons (Fsp3) is 0. The van der Waals surface area contributed by atoms with E-state index in [1.165, 1.54) is 0 Å². The summed E-state index contributed by atoms with van der Waals surface area (Å²) >= 11 is 0. The standard InChI is InChI=1S/C34H17BN6/c1-39-25-14-24(21-38)17-27(18-25)41-33-12-5-3-8-29(33)31-10-6-9-30-28-7-2-4-11-32(28)40(35(41)34(30)31)26-15-22(19-36)13-23(16-26)20-37/h2-18H. The number of benzene rings is 5. The minimum atomic E-state index is -0.445. The molecule has 0 aromatic heterocycles. The second kappa shape index (κ2) is 9.18. The molecule has 0 atom stereocenters. The highest BCUT2D eigenvalue weighted by molar-refractivity contribution is 6.86. The Balaban J connectivity index is 1.62. The predicted molar refractivity (Wildman–Crippen MR) is 160 cm³/mol. The maximum absolute atomic E-state index is 9.84.